The number of hydrogen-bond donors (Lipinski definition) is 2. The molecule has 0 bridgehead atoms. The summed E-state index contributed by atoms with van der Waals surface area (Å²) < 4.78 is 2.61. The van der Waals surface area contributed by atoms with E-state index in [-0.39, 0.29) is 11.4 Å². The van der Waals surface area contributed by atoms with Gasteiger partial charge < -0.3 is 9.51 Å². The summed E-state index contributed by atoms with van der Waals surface area (Å²) in [4.78, 5) is 16.7. The molecular weight excluding hydrogens is 396 g/mol. The minimum atomic E-state index is -0.427. The molecule has 2 aromatic heterocycles. The van der Waals surface area contributed by atoms with Crippen LogP contribution in [0.1, 0.15) is 16.1 Å². The number of imidazole rings is 1. The molecule has 4 rings (SSSR count). The number of pyridine rings is 1. The quantitative estimate of drug-likeness (QED) is 0.400. The van der Waals surface area contributed by atoms with E-state index in [0.717, 1.165) is 15.2 Å². The van der Waals surface area contributed by atoms with E-state index in [1.54, 1.807) is 28.8 Å². The van der Waals surface area contributed by atoms with Gasteiger partial charge in [-0.1, -0.05) is 40.2 Å². The van der Waals surface area contributed by atoms with Crippen LogP contribution in [0, 0.1) is 0 Å². The topological polar surface area (TPSA) is 79.0 Å². The van der Waals surface area contributed by atoms with Crippen LogP contribution >= 0.6 is 15.9 Å². The Morgan fingerprint density at radius 2 is 2.08 bits per heavy atom. The van der Waals surface area contributed by atoms with Crippen molar-refractivity contribution in [3.8, 4) is 5.75 Å². The summed E-state index contributed by atoms with van der Waals surface area (Å²) in [5.41, 5.74) is 3.89. The lowest BCUT2D eigenvalue weighted by molar-refractivity contribution is 0.0950. The van der Waals surface area contributed by atoms with Crippen molar-refractivity contribution in [3.05, 3.63) is 76.7 Å². The van der Waals surface area contributed by atoms with Crippen LogP contribution in [-0.4, -0.2) is 26.6 Å². The second kappa shape index (κ2) is 6.61. The number of aromatic hydroxyl groups is 1. The third-order valence-corrected chi connectivity index (χ3v) is 4.43. The number of halogens is 1. The zero-order chi connectivity index (χ0) is 18.1. The van der Waals surface area contributed by atoms with Gasteiger partial charge in [0.05, 0.1) is 6.21 Å². The highest BCUT2D eigenvalue weighted by molar-refractivity contribution is 9.10. The number of carbonyl (C=O) groups excluding carboxylic acids is 1. The van der Waals surface area contributed by atoms with Crippen LogP contribution in [0.5, 0.6) is 5.75 Å². The van der Waals surface area contributed by atoms with E-state index in [4.69, 9.17) is 0 Å². The SMILES string of the molecule is O=C(NN=Cc1cc(Br)ccc1O)c1cn2ccc3ccccc3c2n1. The summed E-state index contributed by atoms with van der Waals surface area (Å²) in [6, 6.07) is 14.8. The van der Waals surface area contributed by atoms with Crippen LogP contribution in [0.15, 0.2) is 70.5 Å². The molecule has 1 amide bonds. The van der Waals surface area contributed by atoms with Gasteiger partial charge in [0.1, 0.15) is 17.1 Å². The van der Waals surface area contributed by atoms with Crippen LogP contribution in [0.25, 0.3) is 16.4 Å². The highest BCUT2D eigenvalue weighted by Gasteiger charge is 2.11. The molecule has 0 saturated heterocycles. The smallest absolute Gasteiger partial charge is 0.291 e. The molecular formula is C19H13BrN4O2. The van der Waals surface area contributed by atoms with Crippen molar-refractivity contribution in [1.29, 1.82) is 0 Å². The number of benzene rings is 2. The average molecular weight is 409 g/mol. The summed E-state index contributed by atoms with van der Waals surface area (Å²) in [6.07, 6.45) is 4.90. The summed E-state index contributed by atoms with van der Waals surface area (Å²) in [6.45, 7) is 0. The molecule has 4 aromatic rings. The van der Waals surface area contributed by atoms with Crippen molar-refractivity contribution in [2.45, 2.75) is 0 Å². The first-order valence-corrected chi connectivity index (χ1v) is 8.59. The fraction of sp³-hybridized carbons (Fsp3) is 0. The Balaban J connectivity index is 1.59. The van der Waals surface area contributed by atoms with Crippen molar-refractivity contribution in [2.24, 2.45) is 5.10 Å². The Hall–Kier alpha value is -3.19. The van der Waals surface area contributed by atoms with E-state index in [1.165, 1.54) is 6.21 Å². The number of rotatable bonds is 3. The van der Waals surface area contributed by atoms with Crippen LogP contribution in [0.4, 0.5) is 0 Å². The first-order valence-electron chi connectivity index (χ1n) is 7.80. The first-order chi connectivity index (χ1) is 12.6. The maximum atomic E-state index is 12.3. The van der Waals surface area contributed by atoms with Crippen LogP contribution in [-0.2, 0) is 0 Å². The lowest BCUT2D eigenvalue weighted by Gasteiger charge is -1.99. The third kappa shape index (κ3) is 3.04. The van der Waals surface area contributed by atoms with Crippen molar-refractivity contribution >= 4 is 44.5 Å². The molecule has 6 nitrogen and oxygen atoms in total. The maximum Gasteiger partial charge on any atom is 0.291 e. The molecule has 0 saturated carbocycles. The van der Waals surface area contributed by atoms with Crippen molar-refractivity contribution in [1.82, 2.24) is 14.8 Å². The first kappa shape index (κ1) is 16.3. The van der Waals surface area contributed by atoms with Gasteiger partial charge in [-0.25, -0.2) is 10.4 Å². The third-order valence-electron chi connectivity index (χ3n) is 3.94. The van der Waals surface area contributed by atoms with Gasteiger partial charge in [-0.05, 0) is 29.7 Å². The van der Waals surface area contributed by atoms with E-state index in [1.807, 2.05) is 36.5 Å². The zero-order valence-electron chi connectivity index (χ0n) is 13.4. The Labute approximate surface area is 156 Å². The summed E-state index contributed by atoms with van der Waals surface area (Å²) in [5.74, 6) is -0.353. The van der Waals surface area contributed by atoms with E-state index in [0.29, 0.717) is 11.2 Å². The number of phenolic OH excluding ortho intramolecular Hbond substituents is 1. The van der Waals surface area contributed by atoms with Crippen molar-refractivity contribution in [2.75, 3.05) is 0 Å². The van der Waals surface area contributed by atoms with E-state index in [2.05, 4.69) is 31.4 Å². The Kier molecular flexibility index (Phi) is 4.14. The van der Waals surface area contributed by atoms with Gasteiger partial charge in [-0.15, -0.1) is 0 Å². The Bertz CT molecular complexity index is 1170. The molecule has 0 atom stereocenters. The number of amides is 1. The molecule has 2 aromatic carbocycles. The zero-order valence-corrected chi connectivity index (χ0v) is 15.0. The van der Waals surface area contributed by atoms with Crippen LogP contribution < -0.4 is 5.43 Å². The summed E-state index contributed by atoms with van der Waals surface area (Å²) in [5, 5.41) is 15.7. The second-order valence-electron chi connectivity index (χ2n) is 5.66. The Morgan fingerprint density at radius 1 is 1.23 bits per heavy atom. The predicted octanol–water partition coefficient (Wildman–Crippen LogP) is 3.72. The molecule has 0 fully saturated rings. The largest absolute Gasteiger partial charge is 0.507 e. The molecule has 0 aliphatic rings. The maximum absolute atomic E-state index is 12.3. The molecule has 2 heterocycles. The number of aromatic nitrogens is 2. The number of carbonyl (C=O) groups is 1. The monoisotopic (exact) mass is 408 g/mol. The molecule has 128 valence electrons. The molecule has 7 heteroatoms. The van der Waals surface area contributed by atoms with Gasteiger partial charge in [0.2, 0.25) is 0 Å². The fourth-order valence-corrected chi connectivity index (χ4v) is 3.05. The molecule has 0 unspecified atom stereocenters. The molecule has 0 aliphatic heterocycles. The lowest BCUT2D eigenvalue weighted by Crippen LogP contribution is -2.17. The number of nitrogens with zero attached hydrogens (tertiary/aromatic N) is 3. The number of phenols is 1. The lowest BCUT2D eigenvalue weighted by atomic mass is 10.2. The van der Waals surface area contributed by atoms with Gasteiger partial charge in [0.25, 0.3) is 5.91 Å². The minimum Gasteiger partial charge on any atom is -0.507 e. The fourth-order valence-electron chi connectivity index (χ4n) is 2.67. The summed E-state index contributed by atoms with van der Waals surface area (Å²) in [7, 11) is 0. The number of fused-ring (bicyclic) bond motifs is 3. The average Bonchev–Trinajstić information content (AvgIpc) is 3.09. The second-order valence-corrected chi connectivity index (χ2v) is 6.58. The standard InChI is InChI=1S/C19H13BrN4O2/c20-14-5-6-17(25)13(9-14)10-21-23-19(26)16-11-24-8-7-12-3-1-2-4-15(12)18(24)22-16/h1-11,25H,(H,23,26). The van der Waals surface area contributed by atoms with Gasteiger partial charge in [0.15, 0.2) is 0 Å². The van der Waals surface area contributed by atoms with E-state index >= 15 is 0 Å². The summed E-state index contributed by atoms with van der Waals surface area (Å²) >= 11 is 3.32. The van der Waals surface area contributed by atoms with Crippen molar-refractivity contribution in [3.63, 3.8) is 0 Å². The molecule has 0 spiro atoms. The minimum absolute atomic E-state index is 0.0744. The van der Waals surface area contributed by atoms with E-state index in [9.17, 15) is 9.90 Å². The molecule has 0 radical (unpaired) electrons. The normalized spacial score (nSPS) is 11.4. The highest BCUT2D eigenvalue weighted by Crippen LogP contribution is 2.20. The van der Waals surface area contributed by atoms with Crippen molar-refractivity contribution < 1.29 is 9.90 Å². The van der Waals surface area contributed by atoms with Gasteiger partial charge >= 0.3 is 0 Å². The number of hydrazone groups is 1. The van der Waals surface area contributed by atoms with Crippen LogP contribution in [0.2, 0.25) is 0 Å². The molecule has 2 N–H and O–H groups in total. The number of hydrogen-bond acceptors (Lipinski definition) is 4. The predicted molar refractivity (Wildman–Crippen MR) is 104 cm³/mol. The van der Waals surface area contributed by atoms with Crippen LogP contribution in [0.3, 0.4) is 0 Å². The highest BCUT2D eigenvalue weighted by atomic mass is 79.9. The molecule has 0 aliphatic carbocycles. The van der Waals surface area contributed by atoms with Gasteiger partial charge in [0, 0.05) is 27.8 Å². The van der Waals surface area contributed by atoms with Gasteiger partial charge in [-0.3, -0.25) is 4.79 Å². The Morgan fingerprint density at radius 3 is 2.96 bits per heavy atom. The van der Waals surface area contributed by atoms with E-state index < -0.39 is 5.91 Å². The number of nitrogens with one attached hydrogen (secondary N) is 1. The molecule has 26 heavy (non-hydrogen) atoms. The van der Waals surface area contributed by atoms with Gasteiger partial charge in [-0.2, -0.15) is 5.10 Å².